The standard InChI is InChI=1S/C42H72O5Si2/c1-15-34-23-24-35-32(20-19-27-41(34,35)10)21-22-33-28-42(47-49(13,14)39(6,7)8,29-36(31(33)2)46-48(11,12)38(3,4)5)44-30-37(43)45-40(9)25-17-16-18-26-40/h21-23,35-36H,2,15-20,24-30H2,1,3-14H3/t35-,36-,41+,42+/m0/s1. The van der Waals surface area contributed by atoms with Crippen LogP contribution in [0.1, 0.15) is 139 Å². The maximum Gasteiger partial charge on any atom is 0.332 e. The van der Waals surface area contributed by atoms with E-state index in [4.69, 9.17) is 24.9 Å². The van der Waals surface area contributed by atoms with Crippen LogP contribution in [-0.2, 0) is 23.1 Å². The molecule has 49 heavy (non-hydrogen) atoms. The van der Waals surface area contributed by atoms with E-state index >= 15 is 0 Å². The van der Waals surface area contributed by atoms with Gasteiger partial charge in [-0.25, -0.2) is 4.79 Å². The minimum Gasteiger partial charge on any atom is -0.458 e. The van der Waals surface area contributed by atoms with Crippen molar-refractivity contribution in [3.05, 3.63) is 47.1 Å². The molecule has 278 valence electrons. The van der Waals surface area contributed by atoms with Crippen LogP contribution in [0, 0.1) is 11.3 Å². The molecular formula is C42H72O5Si2. The number of fused-ring (bicyclic) bond motifs is 1. The first kappa shape index (κ1) is 40.5. The van der Waals surface area contributed by atoms with Gasteiger partial charge in [-0.2, -0.15) is 0 Å². The van der Waals surface area contributed by atoms with E-state index in [2.05, 4.69) is 107 Å². The van der Waals surface area contributed by atoms with Gasteiger partial charge in [-0.15, -0.1) is 0 Å². The van der Waals surface area contributed by atoms with Crippen LogP contribution in [0.4, 0.5) is 0 Å². The fourth-order valence-electron chi connectivity index (χ4n) is 8.29. The predicted molar refractivity (Wildman–Crippen MR) is 210 cm³/mol. The van der Waals surface area contributed by atoms with Crippen LogP contribution in [0.25, 0.3) is 0 Å². The molecule has 3 saturated carbocycles. The number of carbonyl (C=O) groups excluding carboxylic acids is 1. The van der Waals surface area contributed by atoms with Gasteiger partial charge in [-0.05, 0) is 123 Å². The molecule has 0 bridgehead atoms. The summed E-state index contributed by atoms with van der Waals surface area (Å²) in [6, 6.07) is 0. The summed E-state index contributed by atoms with van der Waals surface area (Å²) in [6.45, 7) is 34.2. The third-order valence-corrected chi connectivity index (χ3v) is 22.5. The Morgan fingerprint density at radius 2 is 1.57 bits per heavy atom. The highest BCUT2D eigenvalue weighted by Gasteiger charge is 2.52. The lowest BCUT2D eigenvalue weighted by atomic mass is 9.64. The van der Waals surface area contributed by atoms with E-state index in [-0.39, 0.29) is 34.2 Å². The van der Waals surface area contributed by atoms with Crippen LogP contribution in [-0.4, -0.2) is 46.7 Å². The first-order valence-electron chi connectivity index (χ1n) is 19.5. The molecule has 5 nitrogen and oxygen atoms in total. The molecule has 0 spiro atoms. The number of hydrogen-bond acceptors (Lipinski definition) is 5. The molecule has 0 aromatic rings. The van der Waals surface area contributed by atoms with Crippen molar-refractivity contribution in [1.82, 2.24) is 0 Å². The molecule has 0 N–H and O–H groups in total. The Hall–Kier alpha value is -1.26. The summed E-state index contributed by atoms with van der Waals surface area (Å²) in [5, 5.41) is -0.0206. The molecule has 4 rings (SSSR count). The highest BCUT2D eigenvalue weighted by molar-refractivity contribution is 6.74. The molecule has 4 aliphatic rings. The summed E-state index contributed by atoms with van der Waals surface area (Å²) in [7, 11) is -4.57. The monoisotopic (exact) mass is 712 g/mol. The Labute approximate surface area is 303 Å². The number of ether oxygens (including phenoxy) is 2. The minimum atomic E-state index is -2.37. The second-order valence-corrected chi connectivity index (χ2v) is 28.9. The van der Waals surface area contributed by atoms with Crippen LogP contribution in [0.5, 0.6) is 0 Å². The van der Waals surface area contributed by atoms with Gasteiger partial charge in [0.25, 0.3) is 0 Å². The third kappa shape index (κ3) is 9.04. The molecule has 0 saturated heterocycles. The summed E-state index contributed by atoms with van der Waals surface area (Å²) in [5.74, 6) is -0.771. The zero-order valence-electron chi connectivity index (χ0n) is 33.8. The van der Waals surface area contributed by atoms with Crippen molar-refractivity contribution in [3.63, 3.8) is 0 Å². The molecule has 0 aromatic heterocycles. The molecule has 0 heterocycles. The maximum absolute atomic E-state index is 13.5. The van der Waals surface area contributed by atoms with Crippen LogP contribution >= 0.6 is 0 Å². The lowest BCUT2D eigenvalue weighted by Crippen LogP contribution is -2.56. The Bertz CT molecular complexity index is 1320. The summed E-state index contributed by atoms with van der Waals surface area (Å²) in [6.07, 6.45) is 19.1. The normalized spacial score (nSPS) is 31.5. The average Bonchev–Trinajstić information content (AvgIpc) is 3.32. The van der Waals surface area contributed by atoms with Crippen molar-refractivity contribution in [2.24, 2.45) is 11.3 Å². The first-order chi connectivity index (χ1) is 22.5. The summed E-state index contributed by atoms with van der Waals surface area (Å²) >= 11 is 0. The van der Waals surface area contributed by atoms with Crippen molar-refractivity contribution in [3.8, 4) is 0 Å². The van der Waals surface area contributed by atoms with Crippen molar-refractivity contribution in [2.75, 3.05) is 6.61 Å². The smallest absolute Gasteiger partial charge is 0.332 e. The molecule has 3 fully saturated rings. The van der Waals surface area contributed by atoms with Crippen LogP contribution in [0.3, 0.4) is 0 Å². The van der Waals surface area contributed by atoms with E-state index < -0.39 is 28.0 Å². The zero-order chi connectivity index (χ0) is 36.7. The molecular weight excluding hydrogens is 641 g/mol. The molecule has 0 aromatic carbocycles. The quantitative estimate of drug-likeness (QED) is 0.0977. The van der Waals surface area contributed by atoms with Gasteiger partial charge in [0, 0.05) is 12.8 Å². The largest absolute Gasteiger partial charge is 0.458 e. The van der Waals surface area contributed by atoms with Gasteiger partial charge in [0.2, 0.25) is 0 Å². The number of allylic oxidation sites excluding steroid dienone is 5. The average molecular weight is 713 g/mol. The van der Waals surface area contributed by atoms with Gasteiger partial charge in [0.15, 0.2) is 22.4 Å². The Morgan fingerprint density at radius 1 is 0.939 bits per heavy atom. The van der Waals surface area contributed by atoms with Gasteiger partial charge in [0.05, 0.1) is 6.10 Å². The molecule has 0 aliphatic heterocycles. The lowest BCUT2D eigenvalue weighted by Gasteiger charge is -2.51. The highest BCUT2D eigenvalue weighted by atomic mass is 28.4. The lowest BCUT2D eigenvalue weighted by molar-refractivity contribution is -0.220. The predicted octanol–water partition coefficient (Wildman–Crippen LogP) is 12.1. The second-order valence-electron chi connectivity index (χ2n) is 19.4. The maximum atomic E-state index is 13.5. The first-order valence-corrected chi connectivity index (χ1v) is 25.3. The van der Waals surface area contributed by atoms with E-state index in [9.17, 15) is 4.79 Å². The molecule has 0 unspecified atom stereocenters. The van der Waals surface area contributed by atoms with E-state index in [1.54, 1.807) is 11.1 Å². The van der Waals surface area contributed by atoms with E-state index in [1.165, 1.54) is 19.3 Å². The van der Waals surface area contributed by atoms with Gasteiger partial charge in [0.1, 0.15) is 12.2 Å². The van der Waals surface area contributed by atoms with Gasteiger partial charge >= 0.3 is 5.97 Å². The summed E-state index contributed by atoms with van der Waals surface area (Å²) < 4.78 is 27.5. The molecule has 0 radical (unpaired) electrons. The summed E-state index contributed by atoms with van der Waals surface area (Å²) in [5.41, 5.74) is 5.16. The number of hydrogen-bond donors (Lipinski definition) is 0. The fourth-order valence-corrected chi connectivity index (χ4v) is 11.0. The third-order valence-electron chi connectivity index (χ3n) is 13.6. The van der Waals surface area contributed by atoms with Gasteiger partial charge in [-0.1, -0.05) is 97.8 Å². The van der Waals surface area contributed by atoms with Crippen molar-refractivity contribution >= 4 is 22.6 Å². The van der Waals surface area contributed by atoms with E-state index in [0.29, 0.717) is 18.8 Å². The van der Waals surface area contributed by atoms with E-state index in [1.807, 2.05) is 0 Å². The molecule has 4 aliphatic carbocycles. The fraction of sp³-hybridized carbons (Fsp3) is 0.786. The number of carbonyl (C=O) groups is 1. The number of rotatable bonds is 10. The molecule has 4 atom stereocenters. The van der Waals surface area contributed by atoms with Crippen LogP contribution in [0.2, 0.25) is 36.3 Å². The van der Waals surface area contributed by atoms with Crippen molar-refractivity contribution in [1.29, 1.82) is 0 Å². The molecule has 0 amide bonds. The van der Waals surface area contributed by atoms with Crippen LogP contribution < -0.4 is 0 Å². The SMILES string of the molecule is C=C1C(=CC=C2CCC[C@]3(C)C(CC)=CC[C@@H]23)C[C@@](OCC(=O)OC2(C)CCCCC2)(O[Si](C)(C)C(C)(C)C)C[C@@H]1O[Si](C)(C)C(C)(C)C. The second kappa shape index (κ2) is 14.6. The van der Waals surface area contributed by atoms with E-state index in [0.717, 1.165) is 56.1 Å². The Morgan fingerprint density at radius 3 is 2.16 bits per heavy atom. The molecule has 7 heteroatoms. The van der Waals surface area contributed by atoms with Crippen molar-refractivity contribution < 1.29 is 23.1 Å². The Balaban J connectivity index is 1.74. The van der Waals surface area contributed by atoms with Crippen LogP contribution in [0.15, 0.2) is 47.1 Å². The van der Waals surface area contributed by atoms with Gasteiger partial charge in [-0.3, -0.25) is 0 Å². The number of esters is 1. The minimum absolute atomic E-state index is 0.0264. The highest BCUT2D eigenvalue weighted by Crippen LogP contribution is 2.56. The van der Waals surface area contributed by atoms with Crippen molar-refractivity contribution in [2.45, 2.75) is 193 Å². The van der Waals surface area contributed by atoms with Gasteiger partial charge < -0.3 is 18.3 Å². The topological polar surface area (TPSA) is 54.0 Å². The zero-order valence-corrected chi connectivity index (χ0v) is 35.8. The Kier molecular flexibility index (Phi) is 12.1. The summed E-state index contributed by atoms with van der Waals surface area (Å²) in [4.78, 5) is 13.5.